The lowest BCUT2D eigenvalue weighted by Crippen LogP contribution is -2.51. The lowest BCUT2D eigenvalue weighted by Gasteiger charge is -2.34. The molecule has 0 amide bonds. The molecule has 0 saturated carbocycles. The van der Waals surface area contributed by atoms with Gasteiger partial charge < -0.3 is 25.0 Å². The highest BCUT2D eigenvalue weighted by Crippen LogP contribution is 2.41. The maximum Gasteiger partial charge on any atom is 0.229 e. The molecule has 2 fully saturated rings. The van der Waals surface area contributed by atoms with Crippen molar-refractivity contribution in [3.63, 3.8) is 0 Å². The van der Waals surface area contributed by atoms with Crippen molar-refractivity contribution in [3.05, 3.63) is 60.0 Å². The normalized spacial score (nSPS) is 18.6. The number of halogens is 1. The van der Waals surface area contributed by atoms with Crippen molar-refractivity contribution >= 4 is 45.6 Å². The Morgan fingerprint density at radius 1 is 0.974 bits per heavy atom. The van der Waals surface area contributed by atoms with Gasteiger partial charge in [0.1, 0.15) is 17.8 Å². The molecule has 198 valence electrons. The predicted molar refractivity (Wildman–Crippen MR) is 152 cm³/mol. The average molecular weight is 543 g/mol. The number of hydrogen-bond acceptors (Lipinski definition) is 9. The van der Waals surface area contributed by atoms with Crippen LogP contribution in [-0.2, 0) is 0 Å². The van der Waals surface area contributed by atoms with Crippen LogP contribution in [0.3, 0.4) is 0 Å². The van der Waals surface area contributed by atoms with Gasteiger partial charge >= 0.3 is 0 Å². The minimum Gasteiger partial charge on any atom is -0.497 e. The summed E-state index contributed by atoms with van der Waals surface area (Å²) in [6.45, 7) is 2.11. The van der Waals surface area contributed by atoms with E-state index < -0.39 is 0 Å². The highest BCUT2D eigenvalue weighted by Gasteiger charge is 2.32. The first-order valence-corrected chi connectivity index (χ1v) is 13.3. The Morgan fingerprint density at radius 3 is 2.51 bits per heavy atom. The fourth-order valence-corrected chi connectivity index (χ4v) is 5.94. The zero-order valence-electron chi connectivity index (χ0n) is 21.6. The molecule has 2 aliphatic heterocycles. The molecule has 2 bridgehead atoms. The van der Waals surface area contributed by atoms with Gasteiger partial charge in [-0.2, -0.15) is 4.98 Å². The number of methoxy groups -OCH3 is 2. The minimum absolute atomic E-state index is 0.457. The Bertz CT molecular complexity index is 1680. The Kier molecular flexibility index (Phi) is 5.86. The van der Waals surface area contributed by atoms with Crippen LogP contribution in [0.4, 0.5) is 17.3 Å². The summed E-state index contributed by atoms with van der Waals surface area (Å²) in [5, 5.41) is 16.8. The van der Waals surface area contributed by atoms with Gasteiger partial charge in [-0.05, 0) is 49.2 Å². The van der Waals surface area contributed by atoms with Crippen molar-refractivity contribution in [1.82, 2.24) is 29.9 Å². The number of aromatic nitrogens is 5. The van der Waals surface area contributed by atoms with Crippen LogP contribution in [0.1, 0.15) is 12.8 Å². The fourth-order valence-electron chi connectivity index (χ4n) is 5.66. The first-order valence-electron chi connectivity index (χ1n) is 12.9. The van der Waals surface area contributed by atoms with Crippen LogP contribution < -0.4 is 25.0 Å². The minimum atomic E-state index is 0.457. The molecule has 0 radical (unpaired) electrons. The largest absolute Gasteiger partial charge is 0.497 e. The molecule has 39 heavy (non-hydrogen) atoms. The molecule has 5 aromatic rings. The number of nitrogens with zero attached hydrogens (tertiary/aromatic N) is 6. The molecule has 2 saturated heterocycles. The highest BCUT2D eigenvalue weighted by molar-refractivity contribution is 6.35. The zero-order chi connectivity index (χ0) is 26.5. The van der Waals surface area contributed by atoms with Crippen molar-refractivity contribution < 1.29 is 9.47 Å². The topological polar surface area (TPSA) is 102 Å². The zero-order valence-corrected chi connectivity index (χ0v) is 22.3. The van der Waals surface area contributed by atoms with Crippen LogP contribution in [0.5, 0.6) is 11.5 Å². The van der Waals surface area contributed by atoms with E-state index in [0.717, 1.165) is 29.7 Å². The predicted octanol–water partition coefficient (Wildman–Crippen LogP) is 4.69. The number of fused-ring (bicyclic) bond motifs is 5. The molecule has 2 aliphatic rings. The van der Waals surface area contributed by atoms with Crippen LogP contribution in [0.25, 0.3) is 27.8 Å². The van der Waals surface area contributed by atoms with E-state index in [1.165, 1.54) is 18.5 Å². The van der Waals surface area contributed by atoms with Crippen molar-refractivity contribution in [3.8, 4) is 22.6 Å². The number of rotatable bonds is 6. The smallest absolute Gasteiger partial charge is 0.229 e. The van der Waals surface area contributed by atoms with Crippen molar-refractivity contribution in [2.24, 2.45) is 0 Å². The molecular formula is C28H27ClN8O2. The summed E-state index contributed by atoms with van der Waals surface area (Å²) < 4.78 is 12.8. The van der Waals surface area contributed by atoms with Gasteiger partial charge in [-0.1, -0.05) is 11.6 Å². The summed E-state index contributed by atoms with van der Waals surface area (Å²) in [5.41, 5.74) is 4.93. The van der Waals surface area contributed by atoms with Crippen LogP contribution in [-0.4, -0.2) is 64.0 Å². The van der Waals surface area contributed by atoms with Crippen LogP contribution in [0.15, 0.2) is 55.0 Å². The van der Waals surface area contributed by atoms with E-state index in [-0.39, 0.29) is 0 Å². The van der Waals surface area contributed by atoms with E-state index in [0.29, 0.717) is 51.4 Å². The van der Waals surface area contributed by atoms with Gasteiger partial charge in [-0.3, -0.25) is 4.40 Å². The van der Waals surface area contributed by atoms with E-state index in [4.69, 9.17) is 26.1 Å². The second-order valence-electron chi connectivity index (χ2n) is 9.96. The fraction of sp³-hybridized carbons (Fsp3) is 0.286. The lowest BCUT2D eigenvalue weighted by molar-refractivity contribution is 0.395. The first-order chi connectivity index (χ1) is 19.1. The monoisotopic (exact) mass is 542 g/mol. The first kappa shape index (κ1) is 23.9. The Hall–Kier alpha value is -4.15. The third-order valence-corrected chi connectivity index (χ3v) is 7.97. The third-order valence-electron chi connectivity index (χ3n) is 7.58. The maximum absolute atomic E-state index is 6.70. The summed E-state index contributed by atoms with van der Waals surface area (Å²) >= 11 is 6.70. The summed E-state index contributed by atoms with van der Waals surface area (Å²) in [7, 11) is 3.17. The number of pyridine rings is 1. The Labute approximate surface area is 229 Å². The number of nitrogens with one attached hydrogen (secondary N) is 2. The average Bonchev–Trinajstić information content (AvgIpc) is 3.59. The summed E-state index contributed by atoms with van der Waals surface area (Å²) in [6, 6.07) is 15.2. The molecule has 11 heteroatoms. The molecule has 10 nitrogen and oxygen atoms in total. The maximum atomic E-state index is 6.70. The van der Waals surface area contributed by atoms with E-state index in [1.807, 2.05) is 16.5 Å². The molecule has 0 aliphatic carbocycles. The van der Waals surface area contributed by atoms with E-state index in [9.17, 15) is 0 Å². The van der Waals surface area contributed by atoms with Crippen molar-refractivity contribution in [1.29, 1.82) is 0 Å². The van der Waals surface area contributed by atoms with Gasteiger partial charge in [0.2, 0.25) is 5.95 Å². The number of ether oxygens (including phenoxy) is 2. The number of benzene rings is 2. The molecule has 2 N–H and O–H groups in total. The molecule has 5 heterocycles. The molecular weight excluding hydrogens is 516 g/mol. The molecule has 0 spiro atoms. The molecule has 3 aromatic heterocycles. The standard InChI is InChI=1S/C28H27ClN8O2/c1-38-21-10-22(25(29)24(11-21)39-2)23-9-16-12-30-28(34-26(16)37-15-31-35-27(23)37)33-17-5-7-20(8-6-17)36-13-18-3-4-19(14-36)32-18/h5-12,15,18-19,32H,3-4,13-14H2,1-2H3,(H,30,33,34). The van der Waals surface area contributed by atoms with Gasteiger partial charge in [0, 0.05) is 65.3 Å². The molecule has 2 unspecified atom stereocenters. The summed E-state index contributed by atoms with van der Waals surface area (Å²) in [4.78, 5) is 11.8. The Morgan fingerprint density at radius 2 is 1.77 bits per heavy atom. The van der Waals surface area contributed by atoms with E-state index >= 15 is 0 Å². The highest BCUT2D eigenvalue weighted by atomic mass is 35.5. The van der Waals surface area contributed by atoms with Gasteiger partial charge in [0.05, 0.1) is 19.2 Å². The second-order valence-corrected chi connectivity index (χ2v) is 10.3. The van der Waals surface area contributed by atoms with Crippen molar-refractivity contribution in [2.75, 3.05) is 37.5 Å². The van der Waals surface area contributed by atoms with Gasteiger partial charge in [-0.25, -0.2) is 4.98 Å². The molecule has 7 rings (SSSR count). The molecule has 2 aromatic carbocycles. The SMILES string of the molecule is COc1cc(OC)c(Cl)c(-c2cc3cnc(Nc4ccc(N5CC6CCC(C5)N6)cc4)nc3n3cnnc23)c1. The second kappa shape index (κ2) is 9.55. The van der Waals surface area contributed by atoms with Gasteiger partial charge in [-0.15, -0.1) is 10.2 Å². The quantitative estimate of drug-likeness (QED) is 0.316. The summed E-state index contributed by atoms with van der Waals surface area (Å²) in [5.74, 6) is 1.62. The third kappa shape index (κ3) is 4.25. The number of piperazine rings is 1. The number of anilines is 3. The van der Waals surface area contributed by atoms with Gasteiger partial charge in [0.25, 0.3) is 0 Å². The van der Waals surface area contributed by atoms with Gasteiger partial charge in [0.15, 0.2) is 11.3 Å². The van der Waals surface area contributed by atoms with E-state index in [1.54, 1.807) is 32.8 Å². The van der Waals surface area contributed by atoms with Crippen LogP contribution in [0.2, 0.25) is 5.02 Å². The van der Waals surface area contributed by atoms with E-state index in [2.05, 4.69) is 55.0 Å². The van der Waals surface area contributed by atoms with Crippen molar-refractivity contribution in [2.45, 2.75) is 24.9 Å². The molecule has 2 atom stereocenters. The van der Waals surface area contributed by atoms with Crippen LogP contribution >= 0.6 is 11.6 Å². The summed E-state index contributed by atoms with van der Waals surface area (Å²) in [6.07, 6.45) is 5.95. The Balaban J connectivity index is 1.21. The lowest BCUT2D eigenvalue weighted by atomic mass is 10.0. The van der Waals surface area contributed by atoms with Crippen LogP contribution in [0, 0.1) is 0 Å². The number of hydrogen-bond donors (Lipinski definition) is 2.